The first-order valence-corrected chi connectivity index (χ1v) is 13.0. The fraction of sp³-hybridized carbons (Fsp3) is 0.286. The van der Waals surface area contributed by atoms with E-state index in [1.54, 1.807) is 36.5 Å². The summed E-state index contributed by atoms with van der Waals surface area (Å²) in [7, 11) is 3.69. The van der Waals surface area contributed by atoms with Crippen LogP contribution in [0.1, 0.15) is 58.4 Å². The third-order valence-corrected chi connectivity index (χ3v) is 6.63. The zero-order valence-corrected chi connectivity index (χ0v) is 22.8. The van der Waals surface area contributed by atoms with Crippen LogP contribution < -0.4 is 20.3 Å². The van der Waals surface area contributed by atoms with Gasteiger partial charge in [-0.25, -0.2) is 19.0 Å². The van der Waals surface area contributed by atoms with Crippen LogP contribution in [-0.4, -0.2) is 42.9 Å². The molecule has 0 bridgehead atoms. The van der Waals surface area contributed by atoms with E-state index in [2.05, 4.69) is 31.5 Å². The number of nitrogens with zero attached hydrogens (tertiary/aromatic N) is 2. The molecule has 1 saturated carbocycles. The van der Waals surface area contributed by atoms with Gasteiger partial charge in [0.1, 0.15) is 17.4 Å². The molecular weight excluding hydrogens is 555 g/mol. The minimum Gasteiger partial charge on any atom is -0.422 e. The molecule has 1 fully saturated rings. The SMILES string of the molecule is CCCC(=O)c1ccc(F)c([C@H]2C[C@H]2NC(=O)Nc2ccc(Br)cn2)c1OC(=O)c1cccc(N(C)C)c1. The zero-order chi connectivity index (χ0) is 27.4. The number of carbonyl (C=O) groups is 3. The van der Waals surface area contributed by atoms with Crippen molar-refractivity contribution < 1.29 is 23.5 Å². The van der Waals surface area contributed by atoms with Crippen LogP contribution in [0.4, 0.5) is 20.7 Å². The quantitative estimate of drug-likeness (QED) is 0.184. The Labute approximate surface area is 228 Å². The number of rotatable bonds is 9. The number of amides is 2. The van der Waals surface area contributed by atoms with Crippen molar-refractivity contribution in [1.29, 1.82) is 0 Å². The summed E-state index contributed by atoms with van der Waals surface area (Å²) in [6.07, 6.45) is 2.78. The predicted molar refractivity (Wildman–Crippen MR) is 147 cm³/mol. The van der Waals surface area contributed by atoms with Gasteiger partial charge in [0.25, 0.3) is 0 Å². The average molecular weight is 583 g/mol. The Hall–Kier alpha value is -3.79. The molecule has 2 aromatic carbocycles. The van der Waals surface area contributed by atoms with Gasteiger partial charge in [0.2, 0.25) is 0 Å². The smallest absolute Gasteiger partial charge is 0.343 e. The number of benzene rings is 2. The van der Waals surface area contributed by atoms with Crippen molar-refractivity contribution in [3.8, 4) is 5.75 Å². The van der Waals surface area contributed by atoms with E-state index in [4.69, 9.17) is 4.74 Å². The van der Waals surface area contributed by atoms with Crippen LogP contribution in [0, 0.1) is 5.82 Å². The Kier molecular flexibility index (Phi) is 8.41. The number of esters is 1. The number of Topliss-reactive ketones (excluding diaryl/α,β-unsaturated/α-hetero) is 1. The number of nitrogens with one attached hydrogen (secondary N) is 2. The van der Waals surface area contributed by atoms with Crippen molar-refractivity contribution in [2.45, 2.75) is 38.1 Å². The monoisotopic (exact) mass is 582 g/mol. The van der Waals surface area contributed by atoms with Crippen LogP contribution in [0.3, 0.4) is 0 Å². The summed E-state index contributed by atoms with van der Waals surface area (Å²) in [5.74, 6) is -1.75. The standard InChI is InChI=1S/C28H28BrFN4O4/c1-4-6-23(35)19-10-11-21(30)25(26(19)38-27(36)16-7-5-8-18(13-16)34(2)3)20-14-22(20)32-28(37)33-24-12-9-17(29)15-31-24/h5,7-13,15,20,22H,4,6,14H2,1-3H3,(H2,31,32,33,37)/t20-,22+/m0/s1. The van der Waals surface area contributed by atoms with Gasteiger partial charge < -0.3 is 15.0 Å². The minimum absolute atomic E-state index is 0.0898. The second-order valence-corrected chi connectivity index (χ2v) is 10.2. The molecule has 0 saturated heterocycles. The van der Waals surface area contributed by atoms with E-state index >= 15 is 4.39 Å². The molecule has 0 spiro atoms. The number of anilines is 2. The van der Waals surface area contributed by atoms with Gasteiger partial charge in [-0.15, -0.1) is 0 Å². The molecule has 1 aliphatic carbocycles. The van der Waals surface area contributed by atoms with Crippen LogP contribution in [0.2, 0.25) is 0 Å². The fourth-order valence-electron chi connectivity index (χ4n) is 4.12. The molecule has 1 heterocycles. The van der Waals surface area contributed by atoms with Crippen LogP contribution >= 0.6 is 15.9 Å². The minimum atomic E-state index is -0.699. The molecule has 198 valence electrons. The molecule has 3 aromatic rings. The molecular formula is C28H28BrFN4O4. The number of pyridine rings is 1. The molecule has 0 unspecified atom stereocenters. The molecule has 4 rings (SSSR count). The van der Waals surface area contributed by atoms with E-state index in [0.717, 1.165) is 10.2 Å². The molecule has 0 radical (unpaired) electrons. The Morgan fingerprint density at radius 1 is 1.16 bits per heavy atom. The Morgan fingerprint density at radius 3 is 2.63 bits per heavy atom. The highest BCUT2D eigenvalue weighted by Crippen LogP contribution is 2.47. The lowest BCUT2D eigenvalue weighted by atomic mass is 9.99. The van der Waals surface area contributed by atoms with E-state index in [0.29, 0.717) is 18.7 Å². The van der Waals surface area contributed by atoms with Gasteiger partial charge >= 0.3 is 12.0 Å². The third kappa shape index (κ3) is 6.36. The van der Waals surface area contributed by atoms with E-state index in [1.165, 1.54) is 12.1 Å². The lowest BCUT2D eigenvalue weighted by molar-refractivity contribution is 0.0730. The second-order valence-electron chi connectivity index (χ2n) is 9.25. The van der Waals surface area contributed by atoms with Crippen LogP contribution in [0.5, 0.6) is 5.75 Å². The maximum absolute atomic E-state index is 15.2. The summed E-state index contributed by atoms with van der Waals surface area (Å²) >= 11 is 3.29. The zero-order valence-electron chi connectivity index (χ0n) is 21.3. The van der Waals surface area contributed by atoms with Gasteiger partial charge in [0, 0.05) is 54.4 Å². The molecule has 2 amide bonds. The van der Waals surface area contributed by atoms with E-state index in [-0.39, 0.29) is 34.6 Å². The topological polar surface area (TPSA) is 101 Å². The molecule has 38 heavy (non-hydrogen) atoms. The van der Waals surface area contributed by atoms with E-state index < -0.39 is 29.8 Å². The summed E-state index contributed by atoms with van der Waals surface area (Å²) in [4.78, 5) is 44.5. The lowest BCUT2D eigenvalue weighted by Gasteiger charge is -2.17. The van der Waals surface area contributed by atoms with Crippen LogP contribution in [0.25, 0.3) is 0 Å². The maximum atomic E-state index is 15.2. The second kappa shape index (κ2) is 11.7. The van der Waals surface area contributed by atoms with Crippen LogP contribution in [0.15, 0.2) is 59.2 Å². The highest BCUT2D eigenvalue weighted by atomic mass is 79.9. The van der Waals surface area contributed by atoms with E-state index in [1.807, 2.05) is 32.0 Å². The van der Waals surface area contributed by atoms with Crippen LogP contribution in [-0.2, 0) is 0 Å². The van der Waals surface area contributed by atoms with Crippen molar-refractivity contribution in [3.63, 3.8) is 0 Å². The predicted octanol–water partition coefficient (Wildman–Crippen LogP) is 5.93. The molecule has 1 aromatic heterocycles. The Balaban J connectivity index is 1.59. The molecule has 2 atom stereocenters. The van der Waals surface area contributed by atoms with Crippen molar-refractivity contribution in [2.24, 2.45) is 0 Å². The maximum Gasteiger partial charge on any atom is 0.343 e. The van der Waals surface area contributed by atoms with Gasteiger partial charge in [-0.1, -0.05) is 13.0 Å². The normalized spacial score (nSPS) is 15.9. The Bertz CT molecular complexity index is 1360. The average Bonchev–Trinajstić information content (AvgIpc) is 3.63. The van der Waals surface area contributed by atoms with Gasteiger partial charge in [0.15, 0.2) is 5.78 Å². The number of ketones is 1. The summed E-state index contributed by atoms with van der Waals surface area (Å²) in [6, 6.07) is 11.9. The van der Waals surface area contributed by atoms with Gasteiger partial charge in [-0.05, 0) is 71.2 Å². The van der Waals surface area contributed by atoms with Crippen molar-refractivity contribution in [2.75, 3.05) is 24.3 Å². The van der Waals surface area contributed by atoms with Gasteiger partial charge in [-0.2, -0.15) is 0 Å². The van der Waals surface area contributed by atoms with E-state index in [9.17, 15) is 14.4 Å². The van der Waals surface area contributed by atoms with Crippen molar-refractivity contribution in [1.82, 2.24) is 10.3 Å². The number of aromatic nitrogens is 1. The summed E-state index contributed by atoms with van der Waals surface area (Å²) < 4.78 is 21.8. The molecule has 10 heteroatoms. The first-order chi connectivity index (χ1) is 18.2. The summed E-state index contributed by atoms with van der Waals surface area (Å²) in [6.45, 7) is 1.86. The largest absolute Gasteiger partial charge is 0.422 e. The molecule has 1 aliphatic rings. The van der Waals surface area contributed by atoms with Crippen molar-refractivity contribution in [3.05, 3.63) is 81.7 Å². The third-order valence-electron chi connectivity index (χ3n) is 6.16. The van der Waals surface area contributed by atoms with Crippen molar-refractivity contribution >= 4 is 45.2 Å². The first kappa shape index (κ1) is 27.3. The fourth-order valence-corrected chi connectivity index (χ4v) is 4.35. The molecule has 2 N–H and O–H groups in total. The summed E-state index contributed by atoms with van der Waals surface area (Å²) in [5.41, 5.74) is 1.32. The van der Waals surface area contributed by atoms with Gasteiger partial charge in [-0.3, -0.25) is 10.1 Å². The number of hydrogen-bond acceptors (Lipinski definition) is 6. The number of ether oxygens (including phenoxy) is 1. The number of hydrogen-bond donors (Lipinski definition) is 2. The molecule has 0 aliphatic heterocycles. The Morgan fingerprint density at radius 2 is 1.95 bits per heavy atom. The number of urea groups is 1. The highest BCUT2D eigenvalue weighted by molar-refractivity contribution is 9.10. The number of halogens is 2. The first-order valence-electron chi connectivity index (χ1n) is 12.2. The molecule has 8 nitrogen and oxygen atoms in total. The summed E-state index contributed by atoms with van der Waals surface area (Å²) in [5, 5.41) is 5.44. The van der Waals surface area contributed by atoms with Gasteiger partial charge in [0.05, 0.1) is 11.1 Å². The number of carbonyl (C=O) groups excluding carboxylic acids is 3. The lowest BCUT2D eigenvalue weighted by Crippen LogP contribution is -2.31. The highest BCUT2D eigenvalue weighted by Gasteiger charge is 2.44.